The Morgan fingerprint density at radius 1 is 1.11 bits per heavy atom. The van der Waals surface area contributed by atoms with Crippen molar-refractivity contribution in [2.24, 2.45) is 0 Å². The van der Waals surface area contributed by atoms with Gasteiger partial charge in [-0.2, -0.15) is 10.4 Å². The largest absolute Gasteiger partial charge is 0.378 e. The van der Waals surface area contributed by atoms with Gasteiger partial charge in [-0.3, -0.25) is 0 Å². The van der Waals surface area contributed by atoms with Crippen molar-refractivity contribution >= 4 is 11.5 Å². The molecule has 1 aromatic carbocycles. The fourth-order valence-electron chi connectivity index (χ4n) is 3.53. The molecule has 0 bridgehead atoms. The summed E-state index contributed by atoms with van der Waals surface area (Å²) in [5.41, 5.74) is 4.98. The molecule has 0 atom stereocenters. The molecule has 0 amide bonds. The van der Waals surface area contributed by atoms with E-state index in [0.29, 0.717) is 17.9 Å². The van der Waals surface area contributed by atoms with Gasteiger partial charge in [0.2, 0.25) is 0 Å². The van der Waals surface area contributed by atoms with Crippen LogP contribution in [0.2, 0.25) is 0 Å². The lowest BCUT2D eigenvalue weighted by Gasteiger charge is -2.29. The van der Waals surface area contributed by atoms with E-state index < -0.39 is 0 Å². The highest BCUT2D eigenvalue weighted by molar-refractivity contribution is 5.58. The molecule has 0 saturated carbocycles. The number of hydrogen-bond acceptors (Lipinski definition) is 6. The van der Waals surface area contributed by atoms with E-state index in [4.69, 9.17) is 4.74 Å². The van der Waals surface area contributed by atoms with Gasteiger partial charge in [-0.05, 0) is 36.1 Å². The number of rotatable bonds is 6. The maximum absolute atomic E-state index is 9.69. The summed E-state index contributed by atoms with van der Waals surface area (Å²) in [6, 6.07) is 10.9. The Morgan fingerprint density at radius 3 is 2.41 bits per heavy atom. The van der Waals surface area contributed by atoms with Crippen molar-refractivity contribution in [3.63, 3.8) is 0 Å². The van der Waals surface area contributed by atoms with Gasteiger partial charge in [0.1, 0.15) is 11.6 Å². The first kappa shape index (κ1) is 19.1. The van der Waals surface area contributed by atoms with Crippen LogP contribution in [0, 0.1) is 11.3 Å². The second-order valence-corrected chi connectivity index (χ2v) is 6.76. The summed E-state index contributed by atoms with van der Waals surface area (Å²) >= 11 is 0. The number of anilines is 2. The monoisotopic (exact) mass is 365 g/mol. The lowest BCUT2D eigenvalue weighted by atomic mass is 10.0. The fourth-order valence-corrected chi connectivity index (χ4v) is 3.53. The lowest BCUT2D eigenvalue weighted by Crippen LogP contribution is -2.36. The molecular formula is C21H27N5O. The zero-order valence-electron chi connectivity index (χ0n) is 16.4. The first-order valence-electron chi connectivity index (χ1n) is 9.59. The molecule has 27 heavy (non-hydrogen) atoms. The normalized spacial score (nSPS) is 14.1. The Balaban J connectivity index is 1.77. The van der Waals surface area contributed by atoms with Gasteiger partial charge in [0, 0.05) is 32.4 Å². The fraction of sp³-hybridized carbons (Fsp3) is 0.476. The second-order valence-electron chi connectivity index (χ2n) is 6.76. The standard InChI is InChI=1S/C21H27N5O/c1-4-18-19(14-22)21(24-23-20(18)5-2)25(3)15-16-6-8-17(9-7-16)26-10-12-27-13-11-26/h6-9H,4-5,10-13,15H2,1-3H3. The van der Waals surface area contributed by atoms with Crippen molar-refractivity contribution < 1.29 is 4.74 Å². The van der Waals surface area contributed by atoms with Crippen LogP contribution in [0.5, 0.6) is 0 Å². The third kappa shape index (κ3) is 4.20. The molecule has 1 aromatic heterocycles. The number of aromatic nitrogens is 2. The minimum Gasteiger partial charge on any atom is -0.378 e. The average molecular weight is 365 g/mol. The number of benzene rings is 1. The van der Waals surface area contributed by atoms with Crippen molar-refractivity contribution in [3.05, 3.63) is 46.6 Å². The zero-order chi connectivity index (χ0) is 19.2. The smallest absolute Gasteiger partial charge is 0.169 e. The SMILES string of the molecule is CCc1nnc(N(C)Cc2ccc(N3CCOCC3)cc2)c(C#N)c1CC. The Morgan fingerprint density at radius 2 is 1.81 bits per heavy atom. The highest BCUT2D eigenvalue weighted by Gasteiger charge is 2.18. The average Bonchev–Trinajstić information content (AvgIpc) is 2.73. The third-order valence-corrected chi connectivity index (χ3v) is 5.03. The number of morpholine rings is 1. The molecule has 0 N–H and O–H groups in total. The molecule has 0 aliphatic carbocycles. The van der Waals surface area contributed by atoms with Crippen LogP contribution in [0.1, 0.15) is 36.2 Å². The molecule has 1 fully saturated rings. The highest BCUT2D eigenvalue weighted by Crippen LogP contribution is 2.24. The van der Waals surface area contributed by atoms with E-state index in [-0.39, 0.29) is 0 Å². The molecular weight excluding hydrogens is 338 g/mol. The van der Waals surface area contributed by atoms with Gasteiger partial charge in [0.15, 0.2) is 5.82 Å². The first-order valence-corrected chi connectivity index (χ1v) is 9.59. The van der Waals surface area contributed by atoms with Crippen LogP contribution in [0.3, 0.4) is 0 Å². The Bertz CT molecular complexity index is 807. The lowest BCUT2D eigenvalue weighted by molar-refractivity contribution is 0.122. The molecule has 1 aliphatic rings. The van der Waals surface area contributed by atoms with Crippen molar-refractivity contribution in [1.29, 1.82) is 5.26 Å². The van der Waals surface area contributed by atoms with Gasteiger partial charge in [-0.15, -0.1) is 5.10 Å². The Labute approximate surface area is 161 Å². The molecule has 2 aromatic rings. The van der Waals surface area contributed by atoms with Crippen molar-refractivity contribution in [2.75, 3.05) is 43.2 Å². The topological polar surface area (TPSA) is 65.3 Å². The summed E-state index contributed by atoms with van der Waals surface area (Å²) in [7, 11) is 1.96. The summed E-state index contributed by atoms with van der Waals surface area (Å²) in [6.07, 6.45) is 1.58. The van der Waals surface area contributed by atoms with Gasteiger partial charge >= 0.3 is 0 Å². The Kier molecular flexibility index (Phi) is 6.25. The molecule has 0 unspecified atom stereocenters. The van der Waals surface area contributed by atoms with Gasteiger partial charge in [0.05, 0.1) is 18.9 Å². The highest BCUT2D eigenvalue weighted by atomic mass is 16.5. The van der Waals surface area contributed by atoms with Crippen LogP contribution in [-0.2, 0) is 24.1 Å². The number of hydrogen-bond donors (Lipinski definition) is 0. The van der Waals surface area contributed by atoms with Crippen LogP contribution in [0.25, 0.3) is 0 Å². The molecule has 2 heterocycles. The first-order chi connectivity index (χ1) is 13.2. The van der Waals surface area contributed by atoms with Crippen molar-refractivity contribution in [2.45, 2.75) is 33.2 Å². The van der Waals surface area contributed by atoms with E-state index in [9.17, 15) is 5.26 Å². The molecule has 6 nitrogen and oxygen atoms in total. The van der Waals surface area contributed by atoms with Gasteiger partial charge in [-0.25, -0.2) is 0 Å². The molecule has 1 saturated heterocycles. The predicted octanol–water partition coefficient (Wildman–Crippen LogP) is 2.95. The molecule has 6 heteroatoms. The van der Waals surface area contributed by atoms with Crippen LogP contribution >= 0.6 is 0 Å². The maximum Gasteiger partial charge on any atom is 0.169 e. The minimum atomic E-state index is 0.650. The maximum atomic E-state index is 9.69. The summed E-state index contributed by atoms with van der Waals surface area (Å²) < 4.78 is 5.42. The second kappa shape index (κ2) is 8.83. The Hall–Kier alpha value is -2.65. The summed E-state index contributed by atoms with van der Waals surface area (Å²) in [5.74, 6) is 0.656. The van der Waals surface area contributed by atoms with Crippen LogP contribution in [0.4, 0.5) is 11.5 Å². The van der Waals surface area contributed by atoms with E-state index >= 15 is 0 Å². The van der Waals surface area contributed by atoms with Crippen LogP contribution in [0.15, 0.2) is 24.3 Å². The van der Waals surface area contributed by atoms with E-state index in [1.165, 1.54) is 11.3 Å². The van der Waals surface area contributed by atoms with Gasteiger partial charge in [0.25, 0.3) is 0 Å². The van der Waals surface area contributed by atoms with Crippen LogP contribution < -0.4 is 9.80 Å². The van der Waals surface area contributed by atoms with Gasteiger partial charge < -0.3 is 14.5 Å². The number of ether oxygens (including phenoxy) is 1. The van der Waals surface area contributed by atoms with E-state index in [1.807, 2.05) is 18.9 Å². The van der Waals surface area contributed by atoms with E-state index in [2.05, 4.69) is 52.4 Å². The molecule has 0 radical (unpaired) electrons. The van der Waals surface area contributed by atoms with Crippen molar-refractivity contribution in [1.82, 2.24) is 10.2 Å². The van der Waals surface area contributed by atoms with E-state index in [0.717, 1.165) is 50.4 Å². The van der Waals surface area contributed by atoms with E-state index in [1.54, 1.807) is 0 Å². The van der Waals surface area contributed by atoms with Crippen LogP contribution in [-0.4, -0.2) is 43.5 Å². The quantitative estimate of drug-likeness (QED) is 0.784. The predicted molar refractivity (Wildman–Crippen MR) is 107 cm³/mol. The number of aryl methyl sites for hydroxylation is 1. The van der Waals surface area contributed by atoms with Crippen molar-refractivity contribution in [3.8, 4) is 6.07 Å². The minimum absolute atomic E-state index is 0.650. The summed E-state index contributed by atoms with van der Waals surface area (Å²) in [6.45, 7) is 8.23. The molecule has 142 valence electrons. The zero-order valence-corrected chi connectivity index (χ0v) is 16.4. The molecule has 3 rings (SSSR count). The van der Waals surface area contributed by atoms with Gasteiger partial charge in [-0.1, -0.05) is 26.0 Å². The number of nitrogens with zero attached hydrogens (tertiary/aromatic N) is 5. The number of nitriles is 1. The summed E-state index contributed by atoms with van der Waals surface area (Å²) in [5, 5.41) is 18.4. The third-order valence-electron chi connectivity index (χ3n) is 5.03. The molecule has 0 spiro atoms. The summed E-state index contributed by atoms with van der Waals surface area (Å²) in [4.78, 5) is 4.35. The molecule has 1 aliphatic heterocycles.